The smallest absolute Gasteiger partial charge is 0.114 e. The highest BCUT2D eigenvalue weighted by Crippen LogP contribution is 2.13. The molecule has 1 N–H and O–H groups in total. The molecule has 0 saturated heterocycles. The van der Waals surface area contributed by atoms with Crippen molar-refractivity contribution in [3.05, 3.63) is 0 Å². The molecule has 0 aliphatic carbocycles. The summed E-state index contributed by atoms with van der Waals surface area (Å²) in [5.41, 5.74) is -2.97. The van der Waals surface area contributed by atoms with Crippen LogP contribution in [0.4, 0.5) is 0 Å². The Kier molecular flexibility index (Phi) is 7.08. The van der Waals surface area contributed by atoms with Crippen LogP contribution in [-0.2, 0) is 24.8 Å². The SMILES string of the molecule is O=C([O-])CC(O)(CC(=O)[O-])C(=O)[O-].O=S(=O)([O-])[O-]. The Morgan fingerprint density at radius 2 is 1.17 bits per heavy atom. The molecule has 0 heterocycles. The molecule has 0 aliphatic heterocycles. The predicted molar refractivity (Wildman–Crippen MR) is 39.7 cm³/mol. The molecule has 12 heteroatoms. The maximum Gasteiger partial charge on any atom is 0.114 e. The van der Waals surface area contributed by atoms with Crippen LogP contribution in [0.5, 0.6) is 0 Å². The Morgan fingerprint density at radius 3 is 1.28 bits per heavy atom. The van der Waals surface area contributed by atoms with E-state index >= 15 is 0 Å². The second-order valence-corrected chi connectivity index (χ2v) is 3.64. The largest absolute Gasteiger partial charge is 0.759 e. The standard InChI is InChI=1S/C6H8O7.H2O4S/c7-3(8)1-6(13,5(11)12)2-4(9)10;1-5(2,3)4/h13H,1-2H2,(H,7,8)(H,9,10)(H,11,12);(H2,1,2,3,4)/p-5. The zero-order valence-corrected chi connectivity index (χ0v) is 9.17. The lowest BCUT2D eigenvalue weighted by Gasteiger charge is -2.29. The highest BCUT2D eigenvalue weighted by molar-refractivity contribution is 7.79. The van der Waals surface area contributed by atoms with Gasteiger partial charge in [0.25, 0.3) is 0 Å². The third-order valence-corrected chi connectivity index (χ3v) is 1.25. The maximum absolute atomic E-state index is 10.1. The second kappa shape index (κ2) is 6.85. The number of carbonyl (C=O) groups is 3. The van der Waals surface area contributed by atoms with E-state index in [1.54, 1.807) is 0 Å². The monoisotopic (exact) mass is 285 g/mol. The van der Waals surface area contributed by atoms with Crippen LogP contribution in [0.3, 0.4) is 0 Å². The minimum absolute atomic E-state index is 1.36. The quantitative estimate of drug-likeness (QED) is 0.369. The topological polar surface area (TPSA) is 221 Å². The van der Waals surface area contributed by atoms with Crippen LogP contribution in [0.2, 0.25) is 0 Å². The molecule has 0 rings (SSSR count). The summed E-state index contributed by atoms with van der Waals surface area (Å²) in [7, 11) is -5.17. The fourth-order valence-corrected chi connectivity index (χ4v) is 0.684. The second-order valence-electron chi connectivity index (χ2n) is 2.82. The van der Waals surface area contributed by atoms with E-state index in [-0.39, 0.29) is 0 Å². The van der Waals surface area contributed by atoms with Crippen molar-refractivity contribution in [2.75, 3.05) is 0 Å². The zero-order valence-electron chi connectivity index (χ0n) is 8.35. The van der Waals surface area contributed by atoms with E-state index in [0.717, 1.165) is 0 Å². The fraction of sp³-hybridized carbons (Fsp3) is 0.500. The van der Waals surface area contributed by atoms with Crippen LogP contribution in [0.1, 0.15) is 12.8 Å². The lowest BCUT2D eigenvalue weighted by atomic mass is 9.96. The van der Waals surface area contributed by atoms with Gasteiger partial charge in [0.15, 0.2) is 0 Å². The van der Waals surface area contributed by atoms with Crippen molar-refractivity contribution < 1.29 is 52.3 Å². The molecular formula is C6H5O11S-5. The number of carboxylic acids is 3. The van der Waals surface area contributed by atoms with Crippen molar-refractivity contribution in [3.63, 3.8) is 0 Å². The summed E-state index contributed by atoms with van der Waals surface area (Å²) in [5, 5.41) is 38.9. The molecule has 11 nitrogen and oxygen atoms in total. The molecule has 0 unspecified atom stereocenters. The van der Waals surface area contributed by atoms with Gasteiger partial charge in [-0.1, -0.05) is 0 Å². The van der Waals surface area contributed by atoms with Gasteiger partial charge in [0.1, 0.15) is 5.60 Å². The Bertz CT molecular complexity index is 397. The number of carbonyl (C=O) groups excluding carboxylic acids is 3. The van der Waals surface area contributed by atoms with Gasteiger partial charge in [-0.3, -0.25) is 8.42 Å². The molecule has 0 spiro atoms. The van der Waals surface area contributed by atoms with Crippen LogP contribution >= 0.6 is 0 Å². The average Bonchev–Trinajstić information content (AvgIpc) is 1.95. The number of aliphatic carboxylic acids is 3. The number of hydrogen-bond donors (Lipinski definition) is 1. The van der Waals surface area contributed by atoms with Gasteiger partial charge in [0, 0.05) is 35.2 Å². The Balaban J connectivity index is 0. The van der Waals surface area contributed by atoms with E-state index in [0.29, 0.717) is 0 Å². The third kappa shape index (κ3) is 12.3. The highest BCUT2D eigenvalue weighted by atomic mass is 32.3. The van der Waals surface area contributed by atoms with Gasteiger partial charge in [-0.05, 0) is 0 Å². The van der Waals surface area contributed by atoms with Crippen LogP contribution < -0.4 is 15.3 Å². The van der Waals surface area contributed by atoms with Crippen LogP contribution in [-0.4, -0.2) is 46.1 Å². The molecule has 0 fully saturated rings. The molecular weight excluding hydrogens is 280 g/mol. The van der Waals surface area contributed by atoms with Gasteiger partial charge in [-0.25, -0.2) is 0 Å². The van der Waals surface area contributed by atoms with Gasteiger partial charge < -0.3 is 43.9 Å². The summed E-state index contributed by atoms with van der Waals surface area (Å²) in [6.45, 7) is 0. The van der Waals surface area contributed by atoms with Crippen LogP contribution in [0.25, 0.3) is 0 Å². The predicted octanol–water partition coefficient (Wildman–Crippen LogP) is -6.59. The molecule has 0 aromatic rings. The number of carboxylic acid groups (broad SMARTS) is 3. The first kappa shape index (κ1) is 18.6. The molecule has 106 valence electrons. The van der Waals surface area contributed by atoms with Crippen molar-refractivity contribution in [3.8, 4) is 0 Å². The molecule has 0 amide bonds. The molecule has 0 aliphatic rings. The summed E-state index contributed by atoms with van der Waals surface area (Å²) >= 11 is 0. The molecule has 18 heavy (non-hydrogen) atoms. The van der Waals surface area contributed by atoms with Gasteiger partial charge in [0.2, 0.25) is 0 Å². The zero-order chi connectivity index (χ0) is 15.1. The lowest BCUT2D eigenvalue weighted by molar-refractivity contribution is -0.339. The van der Waals surface area contributed by atoms with E-state index in [1.807, 2.05) is 0 Å². The Labute approximate surface area is 99.9 Å². The molecule has 0 saturated carbocycles. The van der Waals surface area contributed by atoms with Gasteiger partial charge in [-0.2, -0.15) is 0 Å². The highest BCUT2D eigenvalue weighted by Gasteiger charge is 2.29. The molecule has 0 radical (unpaired) electrons. The Morgan fingerprint density at radius 1 is 0.944 bits per heavy atom. The van der Waals surface area contributed by atoms with Crippen molar-refractivity contribution >= 4 is 28.3 Å². The fourth-order valence-electron chi connectivity index (χ4n) is 0.684. The first-order chi connectivity index (χ1) is 7.78. The van der Waals surface area contributed by atoms with Gasteiger partial charge in [-0.15, -0.1) is 0 Å². The van der Waals surface area contributed by atoms with E-state index in [2.05, 4.69) is 0 Å². The molecule has 0 bridgehead atoms. The third-order valence-electron chi connectivity index (χ3n) is 1.25. The lowest BCUT2D eigenvalue weighted by Crippen LogP contribution is -2.54. The Hall–Kier alpha value is -1.76. The van der Waals surface area contributed by atoms with E-state index in [1.165, 1.54) is 0 Å². The van der Waals surface area contributed by atoms with E-state index in [9.17, 15) is 29.7 Å². The summed E-state index contributed by atoms with van der Waals surface area (Å²) in [4.78, 5) is 30.0. The van der Waals surface area contributed by atoms with Crippen LogP contribution in [0, 0.1) is 0 Å². The summed E-state index contributed by atoms with van der Waals surface area (Å²) in [6.07, 6.45) is -2.72. The number of aliphatic hydroxyl groups is 1. The minimum atomic E-state index is -5.17. The van der Waals surface area contributed by atoms with Crippen molar-refractivity contribution in [1.82, 2.24) is 0 Å². The van der Waals surface area contributed by atoms with Crippen molar-refractivity contribution in [2.45, 2.75) is 18.4 Å². The summed E-state index contributed by atoms with van der Waals surface area (Å²) in [5.74, 6) is -5.98. The minimum Gasteiger partial charge on any atom is -0.759 e. The van der Waals surface area contributed by atoms with E-state index < -0.39 is 46.7 Å². The average molecular weight is 285 g/mol. The molecule has 0 atom stereocenters. The van der Waals surface area contributed by atoms with Crippen molar-refractivity contribution in [1.29, 1.82) is 0 Å². The normalized spacial score (nSPS) is 11.1. The molecule has 0 aromatic heterocycles. The summed E-state index contributed by atoms with van der Waals surface area (Å²) in [6, 6.07) is 0. The first-order valence-corrected chi connectivity index (χ1v) is 5.11. The molecule has 0 aromatic carbocycles. The van der Waals surface area contributed by atoms with Gasteiger partial charge >= 0.3 is 0 Å². The summed E-state index contributed by atoms with van der Waals surface area (Å²) < 4.78 is 34.1. The van der Waals surface area contributed by atoms with E-state index in [4.69, 9.17) is 22.6 Å². The number of hydrogen-bond acceptors (Lipinski definition) is 11. The van der Waals surface area contributed by atoms with Gasteiger partial charge in [0.05, 0.1) is 5.97 Å². The first-order valence-electron chi connectivity index (χ1n) is 3.78. The number of rotatable bonds is 5. The van der Waals surface area contributed by atoms with Crippen molar-refractivity contribution in [2.24, 2.45) is 0 Å². The maximum atomic E-state index is 10.1. The van der Waals surface area contributed by atoms with Crippen LogP contribution in [0.15, 0.2) is 0 Å².